The number of nitrogens with two attached hydrogens (primary N) is 2. The minimum absolute atomic E-state index is 0.00379. The predicted molar refractivity (Wildman–Crippen MR) is 215 cm³/mol. The topological polar surface area (TPSA) is 285 Å². The molecular formula is C41H58N8O10. The van der Waals surface area contributed by atoms with Crippen LogP contribution in [0, 0.1) is 11.8 Å². The average molecular weight is 823 g/mol. The van der Waals surface area contributed by atoms with Gasteiger partial charge in [-0.05, 0) is 73.0 Å². The first-order valence-electron chi connectivity index (χ1n) is 20.0. The van der Waals surface area contributed by atoms with Crippen LogP contribution in [0.4, 0.5) is 0 Å². The summed E-state index contributed by atoms with van der Waals surface area (Å²) in [4.78, 5) is 93.9. The van der Waals surface area contributed by atoms with E-state index in [1.807, 2.05) is 13.8 Å². The molecule has 322 valence electrons. The van der Waals surface area contributed by atoms with Crippen LogP contribution in [-0.2, 0) is 46.4 Å². The number of amides is 7. The van der Waals surface area contributed by atoms with Gasteiger partial charge in [-0.25, -0.2) is 0 Å². The number of carbonyl (C=O) groups is 7. The number of aromatic hydroxyl groups is 1. The molecule has 2 bridgehead atoms. The molecule has 3 aliphatic heterocycles. The molecule has 2 aromatic rings. The summed E-state index contributed by atoms with van der Waals surface area (Å²) in [6, 6.07) is 6.24. The second-order valence-corrected chi connectivity index (χ2v) is 15.7. The number of aliphatic hydroxyl groups excluding tert-OH is 1. The van der Waals surface area contributed by atoms with E-state index in [2.05, 4.69) is 26.6 Å². The maximum absolute atomic E-state index is 13.9. The van der Waals surface area contributed by atoms with Crippen molar-refractivity contribution in [2.45, 2.75) is 109 Å². The Kier molecular flexibility index (Phi) is 16.6. The number of carbonyl (C=O) groups excluding carboxylic acids is 7. The number of aliphatic hydroxyl groups is 1. The third-order valence-corrected chi connectivity index (χ3v) is 10.8. The van der Waals surface area contributed by atoms with E-state index < -0.39 is 96.7 Å². The van der Waals surface area contributed by atoms with E-state index in [0.29, 0.717) is 42.7 Å². The number of likely N-dealkylation sites (tertiary alicyclic amines) is 1. The van der Waals surface area contributed by atoms with Gasteiger partial charge in [-0.3, -0.25) is 38.5 Å². The van der Waals surface area contributed by atoms with Gasteiger partial charge < -0.3 is 53.0 Å². The second kappa shape index (κ2) is 21.3. The lowest BCUT2D eigenvalue weighted by Crippen LogP contribution is -2.60. The first-order valence-corrected chi connectivity index (χ1v) is 20.0. The summed E-state index contributed by atoms with van der Waals surface area (Å²) < 4.78 is 5.67. The number of rotatable bonds is 15. The van der Waals surface area contributed by atoms with Crippen LogP contribution in [0.5, 0.6) is 11.5 Å². The van der Waals surface area contributed by atoms with Crippen molar-refractivity contribution in [2.24, 2.45) is 23.3 Å². The van der Waals surface area contributed by atoms with Gasteiger partial charge in [-0.1, -0.05) is 58.4 Å². The number of β-amino-alcohol motifs (C(OH)–C–C–N with tert-alkyl or cyclic N) is 1. The lowest BCUT2D eigenvalue weighted by molar-refractivity contribution is -0.135. The van der Waals surface area contributed by atoms with Gasteiger partial charge in [0, 0.05) is 13.0 Å². The standard InChI is InChI=1S/C41H58N8O10/c1-5-23(4)36(41(58)47-35(22(2)3)37(43)54)48-40(57)31-7-6-16-49(31)20-32(51)28-17-25-10-14-27(15-11-25)59-21-34(53)44-29(18-24-8-12-26(50)13-9-24)38(55)46-30(19-33(42)52)39(56)45-28/h8-15,22-23,28-32,35-36,50-51H,5-7,16-21H2,1-4H3,(H2,42,52)(H2,43,54)(H,44,53)(H,45,56)(H,46,55)(H,47,58)(H,48,57)/t23?,28-,29-,30-,31-,32+,35-,36?/m0/s1. The van der Waals surface area contributed by atoms with Crippen LogP contribution in [0.2, 0.25) is 0 Å². The Hall–Kier alpha value is -5.75. The lowest BCUT2D eigenvalue weighted by atomic mass is 9.96. The molecule has 59 heavy (non-hydrogen) atoms. The number of nitrogens with one attached hydrogen (secondary N) is 5. The van der Waals surface area contributed by atoms with Crippen LogP contribution in [0.15, 0.2) is 48.5 Å². The minimum Gasteiger partial charge on any atom is -0.508 e. The van der Waals surface area contributed by atoms with E-state index >= 15 is 0 Å². The fraction of sp³-hybridized carbons (Fsp3) is 0.537. The van der Waals surface area contributed by atoms with Gasteiger partial charge in [0.05, 0.1) is 24.6 Å². The molecule has 7 amide bonds. The molecule has 8 atom stereocenters. The Morgan fingerprint density at radius 1 is 0.898 bits per heavy atom. The number of benzene rings is 2. The predicted octanol–water partition coefficient (Wildman–Crippen LogP) is -1.12. The quantitative estimate of drug-likeness (QED) is 0.0971. The number of hydrogen-bond acceptors (Lipinski definition) is 11. The molecule has 11 N–H and O–H groups in total. The largest absolute Gasteiger partial charge is 0.508 e. The SMILES string of the molecule is CCC(C)C(NC(=O)[C@@H]1CCCN1C[C@@H](O)[C@@H]1Cc2ccc(cc2)OCC(=O)N[C@@H](Cc2ccc(O)cc2)C(=O)N[C@@H](CC(N)=O)C(=O)N1)C(=O)N[C@H](C(N)=O)C(C)C. The van der Waals surface area contributed by atoms with Crippen molar-refractivity contribution in [2.75, 3.05) is 19.7 Å². The van der Waals surface area contributed by atoms with Gasteiger partial charge >= 0.3 is 0 Å². The van der Waals surface area contributed by atoms with E-state index in [0.717, 1.165) is 0 Å². The molecule has 18 heteroatoms. The first-order chi connectivity index (χ1) is 27.9. The van der Waals surface area contributed by atoms with Crippen molar-refractivity contribution in [3.05, 3.63) is 59.7 Å². The Balaban J connectivity index is 1.57. The summed E-state index contributed by atoms with van der Waals surface area (Å²) >= 11 is 0. The van der Waals surface area contributed by atoms with E-state index in [-0.39, 0.29) is 37.0 Å². The van der Waals surface area contributed by atoms with Crippen LogP contribution >= 0.6 is 0 Å². The molecule has 2 unspecified atom stereocenters. The van der Waals surface area contributed by atoms with Crippen molar-refractivity contribution in [3.63, 3.8) is 0 Å². The summed E-state index contributed by atoms with van der Waals surface area (Å²) in [6.07, 6.45) is -0.275. The van der Waals surface area contributed by atoms with Crippen LogP contribution in [0.1, 0.15) is 64.5 Å². The van der Waals surface area contributed by atoms with E-state index in [1.54, 1.807) is 55.1 Å². The highest BCUT2D eigenvalue weighted by Crippen LogP contribution is 2.22. The van der Waals surface area contributed by atoms with Gasteiger partial charge in [0.15, 0.2) is 6.61 Å². The smallest absolute Gasteiger partial charge is 0.258 e. The number of nitrogens with zero attached hydrogens (tertiary/aromatic N) is 1. The summed E-state index contributed by atoms with van der Waals surface area (Å²) in [5.41, 5.74) is 12.3. The summed E-state index contributed by atoms with van der Waals surface area (Å²) in [6.45, 7) is 7.10. The molecule has 1 saturated heterocycles. The molecule has 3 aliphatic rings. The van der Waals surface area contributed by atoms with Gasteiger partial charge in [0.2, 0.25) is 35.4 Å². The highest BCUT2D eigenvalue weighted by molar-refractivity contribution is 5.95. The number of phenols is 1. The summed E-state index contributed by atoms with van der Waals surface area (Å²) in [5, 5.41) is 35.0. The molecular weight excluding hydrogens is 764 g/mol. The number of fused-ring (bicyclic) bond motifs is 13. The normalized spacial score (nSPS) is 22.5. The van der Waals surface area contributed by atoms with Gasteiger partial charge in [-0.2, -0.15) is 0 Å². The molecule has 0 radical (unpaired) electrons. The summed E-state index contributed by atoms with van der Waals surface area (Å²) in [5.74, 6) is -5.04. The monoisotopic (exact) mass is 822 g/mol. The fourth-order valence-corrected chi connectivity index (χ4v) is 7.16. The third-order valence-electron chi connectivity index (χ3n) is 10.8. The summed E-state index contributed by atoms with van der Waals surface area (Å²) in [7, 11) is 0. The van der Waals surface area contributed by atoms with Crippen molar-refractivity contribution in [1.29, 1.82) is 0 Å². The molecule has 5 rings (SSSR count). The van der Waals surface area contributed by atoms with Crippen molar-refractivity contribution in [1.82, 2.24) is 31.5 Å². The van der Waals surface area contributed by atoms with Crippen molar-refractivity contribution >= 4 is 41.4 Å². The molecule has 2 aromatic carbocycles. The Morgan fingerprint density at radius 2 is 1.56 bits per heavy atom. The van der Waals surface area contributed by atoms with Gasteiger partial charge in [-0.15, -0.1) is 0 Å². The van der Waals surface area contributed by atoms with Crippen molar-refractivity contribution < 1.29 is 48.5 Å². The Labute approximate surface area is 343 Å². The van der Waals surface area contributed by atoms with Crippen LogP contribution < -0.4 is 42.8 Å². The molecule has 0 aromatic heterocycles. The van der Waals surface area contributed by atoms with Crippen molar-refractivity contribution in [3.8, 4) is 11.5 Å². The zero-order chi connectivity index (χ0) is 43.4. The fourth-order valence-electron chi connectivity index (χ4n) is 7.16. The maximum Gasteiger partial charge on any atom is 0.258 e. The van der Waals surface area contributed by atoms with Crippen LogP contribution in [0.3, 0.4) is 0 Å². The molecule has 18 nitrogen and oxygen atoms in total. The van der Waals surface area contributed by atoms with Crippen LogP contribution in [0.25, 0.3) is 0 Å². The number of ether oxygens (including phenoxy) is 1. The molecule has 3 heterocycles. The average Bonchev–Trinajstić information content (AvgIpc) is 3.65. The molecule has 1 fully saturated rings. The van der Waals surface area contributed by atoms with E-state index in [9.17, 15) is 43.8 Å². The molecule has 0 saturated carbocycles. The zero-order valence-corrected chi connectivity index (χ0v) is 33.9. The highest BCUT2D eigenvalue weighted by Gasteiger charge is 2.38. The molecule has 0 spiro atoms. The van der Waals surface area contributed by atoms with E-state index in [1.165, 1.54) is 12.1 Å². The Morgan fingerprint density at radius 3 is 2.17 bits per heavy atom. The zero-order valence-electron chi connectivity index (χ0n) is 33.9. The third kappa shape index (κ3) is 13.4. The first kappa shape index (κ1) is 45.9. The second-order valence-electron chi connectivity index (χ2n) is 15.7. The minimum atomic E-state index is -1.50. The number of phenolic OH excluding ortho intramolecular Hbond substituents is 1. The lowest BCUT2D eigenvalue weighted by Gasteiger charge is -2.33. The highest BCUT2D eigenvalue weighted by atomic mass is 16.5. The Bertz CT molecular complexity index is 1810. The van der Waals surface area contributed by atoms with E-state index in [4.69, 9.17) is 16.2 Å². The van der Waals surface area contributed by atoms with Crippen LogP contribution in [-0.4, -0.2) is 119 Å². The van der Waals surface area contributed by atoms with Gasteiger partial charge in [0.1, 0.15) is 35.7 Å². The molecule has 0 aliphatic carbocycles. The maximum atomic E-state index is 13.9. The van der Waals surface area contributed by atoms with Gasteiger partial charge in [0.25, 0.3) is 5.91 Å². The number of primary amides is 2. The number of hydrogen-bond donors (Lipinski definition) is 9.